The van der Waals surface area contributed by atoms with Crippen LogP contribution >= 0.6 is 0 Å². The van der Waals surface area contributed by atoms with Crippen molar-refractivity contribution in [3.63, 3.8) is 0 Å². The molecule has 5 nitrogen and oxygen atoms in total. The summed E-state index contributed by atoms with van der Waals surface area (Å²) >= 11 is 0. The minimum absolute atomic E-state index is 0.0573. The first-order valence-electron chi connectivity index (χ1n) is 5.26. The molecule has 0 aromatic rings. The lowest BCUT2D eigenvalue weighted by molar-refractivity contribution is 0.158. The van der Waals surface area contributed by atoms with E-state index in [0.29, 0.717) is 5.92 Å². The number of hydrogen-bond acceptors (Lipinski definition) is 5. The van der Waals surface area contributed by atoms with E-state index in [2.05, 4.69) is 5.32 Å². The lowest BCUT2D eigenvalue weighted by Crippen LogP contribution is -2.41. The second-order valence-corrected chi connectivity index (χ2v) is 6.54. The average Bonchev–Trinajstić information content (AvgIpc) is 2.70. The van der Waals surface area contributed by atoms with Crippen LogP contribution in [0.1, 0.15) is 6.42 Å². The summed E-state index contributed by atoms with van der Waals surface area (Å²) in [6.07, 6.45) is 0.264. The fraction of sp³-hybridized carbons (Fsp3) is 1.00. The normalized spacial score (nSPS) is 39.7. The molecule has 88 valence electrons. The number of hydrogen-bond donors (Lipinski definition) is 2. The molecule has 2 saturated heterocycles. The third kappa shape index (κ3) is 2.90. The standard InChI is InChI=1S/C9H17NO4S/c11-9-6-15(12,13)5-8(9)10-3-7-1-2-14-4-7/h7-11H,1-6H2. The summed E-state index contributed by atoms with van der Waals surface area (Å²) in [4.78, 5) is 0. The topological polar surface area (TPSA) is 75.6 Å². The van der Waals surface area contributed by atoms with Gasteiger partial charge in [0.25, 0.3) is 0 Å². The van der Waals surface area contributed by atoms with Gasteiger partial charge in [-0.05, 0) is 12.3 Å². The molecular formula is C9H17NO4S. The second-order valence-electron chi connectivity index (χ2n) is 4.39. The molecule has 2 N–H and O–H groups in total. The van der Waals surface area contributed by atoms with E-state index >= 15 is 0 Å². The molecule has 3 unspecified atom stereocenters. The molecule has 0 saturated carbocycles. The predicted octanol–water partition coefficient (Wildman–Crippen LogP) is -1.23. The van der Waals surface area contributed by atoms with Gasteiger partial charge in [0.05, 0.1) is 24.2 Å². The predicted molar refractivity (Wildman–Crippen MR) is 55.4 cm³/mol. The lowest BCUT2D eigenvalue weighted by atomic mass is 10.1. The van der Waals surface area contributed by atoms with Gasteiger partial charge in [-0.1, -0.05) is 0 Å². The number of aliphatic hydroxyl groups is 1. The van der Waals surface area contributed by atoms with Gasteiger partial charge in [-0.15, -0.1) is 0 Å². The minimum atomic E-state index is -3.03. The van der Waals surface area contributed by atoms with Crippen molar-refractivity contribution in [2.75, 3.05) is 31.3 Å². The van der Waals surface area contributed by atoms with Crippen molar-refractivity contribution in [3.8, 4) is 0 Å². The van der Waals surface area contributed by atoms with Gasteiger partial charge < -0.3 is 15.2 Å². The van der Waals surface area contributed by atoms with Gasteiger partial charge in [-0.25, -0.2) is 8.42 Å². The zero-order valence-corrected chi connectivity index (χ0v) is 9.37. The van der Waals surface area contributed by atoms with E-state index in [1.54, 1.807) is 0 Å². The van der Waals surface area contributed by atoms with Crippen molar-refractivity contribution in [1.29, 1.82) is 0 Å². The molecule has 6 heteroatoms. The Balaban J connectivity index is 1.79. The molecule has 2 heterocycles. The van der Waals surface area contributed by atoms with Crippen LogP contribution in [0.4, 0.5) is 0 Å². The zero-order chi connectivity index (χ0) is 10.9. The third-order valence-corrected chi connectivity index (χ3v) is 4.73. The van der Waals surface area contributed by atoms with Crippen molar-refractivity contribution in [2.45, 2.75) is 18.6 Å². The molecule has 0 aromatic carbocycles. The van der Waals surface area contributed by atoms with Gasteiger partial charge >= 0.3 is 0 Å². The summed E-state index contributed by atoms with van der Waals surface area (Å²) in [6.45, 7) is 2.26. The highest BCUT2D eigenvalue weighted by Crippen LogP contribution is 2.15. The number of sulfone groups is 1. The fourth-order valence-corrected chi connectivity index (χ4v) is 3.86. The summed E-state index contributed by atoms with van der Waals surface area (Å²) in [5.74, 6) is 0.411. The highest BCUT2D eigenvalue weighted by atomic mass is 32.2. The largest absolute Gasteiger partial charge is 0.390 e. The minimum Gasteiger partial charge on any atom is -0.390 e. The monoisotopic (exact) mass is 235 g/mol. The van der Waals surface area contributed by atoms with Gasteiger partial charge in [0.1, 0.15) is 0 Å². The molecule has 2 aliphatic rings. The second kappa shape index (κ2) is 4.37. The number of ether oxygens (including phenoxy) is 1. The molecule has 2 fully saturated rings. The van der Waals surface area contributed by atoms with E-state index in [1.165, 1.54) is 0 Å². The Morgan fingerprint density at radius 3 is 2.73 bits per heavy atom. The van der Waals surface area contributed by atoms with E-state index in [0.717, 1.165) is 26.2 Å². The molecule has 3 atom stereocenters. The lowest BCUT2D eigenvalue weighted by Gasteiger charge is -2.17. The van der Waals surface area contributed by atoms with Gasteiger partial charge in [0, 0.05) is 19.2 Å². The Hall–Kier alpha value is -0.170. The van der Waals surface area contributed by atoms with E-state index in [9.17, 15) is 13.5 Å². The number of rotatable bonds is 3. The Kier molecular flexibility index (Phi) is 3.30. The smallest absolute Gasteiger partial charge is 0.154 e. The van der Waals surface area contributed by atoms with E-state index in [-0.39, 0.29) is 17.5 Å². The SMILES string of the molecule is O=S1(=O)CC(O)C(NCC2CCOC2)C1. The molecular weight excluding hydrogens is 218 g/mol. The van der Waals surface area contributed by atoms with Gasteiger partial charge in [0.2, 0.25) is 0 Å². The van der Waals surface area contributed by atoms with Crippen molar-refractivity contribution in [3.05, 3.63) is 0 Å². The summed E-state index contributed by atoms with van der Waals surface area (Å²) in [5, 5.41) is 12.6. The summed E-state index contributed by atoms with van der Waals surface area (Å²) < 4.78 is 27.7. The molecule has 0 radical (unpaired) electrons. The van der Waals surface area contributed by atoms with Crippen LogP contribution in [0.2, 0.25) is 0 Å². The van der Waals surface area contributed by atoms with Crippen molar-refractivity contribution >= 4 is 9.84 Å². The van der Waals surface area contributed by atoms with Crippen LogP contribution < -0.4 is 5.32 Å². The van der Waals surface area contributed by atoms with Crippen LogP contribution in [0.3, 0.4) is 0 Å². The molecule has 0 bridgehead atoms. The molecule has 0 amide bonds. The molecule has 2 rings (SSSR count). The maximum absolute atomic E-state index is 11.2. The van der Waals surface area contributed by atoms with Crippen LogP contribution in [-0.2, 0) is 14.6 Å². The van der Waals surface area contributed by atoms with Crippen LogP contribution in [0.5, 0.6) is 0 Å². The Bertz CT molecular complexity index is 310. The molecule has 15 heavy (non-hydrogen) atoms. The van der Waals surface area contributed by atoms with Gasteiger partial charge in [-0.3, -0.25) is 0 Å². The first kappa shape index (κ1) is 11.3. The first-order chi connectivity index (χ1) is 7.07. The molecule has 0 aliphatic carbocycles. The first-order valence-corrected chi connectivity index (χ1v) is 7.08. The quantitative estimate of drug-likeness (QED) is 0.640. The molecule has 0 aromatic heterocycles. The van der Waals surface area contributed by atoms with Crippen LogP contribution in [0.15, 0.2) is 0 Å². The molecule has 2 aliphatic heterocycles. The van der Waals surface area contributed by atoms with E-state index in [4.69, 9.17) is 4.74 Å². The molecule has 0 spiro atoms. The summed E-state index contributed by atoms with van der Waals surface area (Å²) in [5.41, 5.74) is 0. The number of nitrogens with one attached hydrogen (secondary N) is 1. The highest BCUT2D eigenvalue weighted by molar-refractivity contribution is 7.91. The Morgan fingerprint density at radius 1 is 1.40 bits per heavy atom. The average molecular weight is 235 g/mol. The Morgan fingerprint density at radius 2 is 2.20 bits per heavy atom. The fourth-order valence-electron chi connectivity index (χ4n) is 2.09. The van der Waals surface area contributed by atoms with Crippen molar-refractivity contribution < 1.29 is 18.3 Å². The summed E-state index contributed by atoms with van der Waals surface area (Å²) in [7, 11) is -3.03. The van der Waals surface area contributed by atoms with E-state index < -0.39 is 15.9 Å². The summed E-state index contributed by atoms with van der Waals surface area (Å²) in [6, 6.07) is -0.296. The Labute approximate surface area is 89.7 Å². The number of aliphatic hydroxyl groups excluding tert-OH is 1. The maximum atomic E-state index is 11.2. The van der Waals surface area contributed by atoms with Gasteiger partial charge in [0.15, 0.2) is 9.84 Å². The van der Waals surface area contributed by atoms with Crippen molar-refractivity contribution in [1.82, 2.24) is 5.32 Å². The highest BCUT2D eigenvalue weighted by Gasteiger charge is 2.36. The third-order valence-electron chi connectivity index (χ3n) is 3.02. The van der Waals surface area contributed by atoms with Crippen LogP contribution in [-0.4, -0.2) is 56.9 Å². The van der Waals surface area contributed by atoms with Crippen LogP contribution in [0, 0.1) is 5.92 Å². The van der Waals surface area contributed by atoms with E-state index in [1.807, 2.05) is 0 Å². The maximum Gasteiger partial charge on any atom is 0.154 e. The zero-order valence-electron chi connectivity index (χ0n) is 8.55. The van der Waals surface area contributed by atoms with Crippen molar-refractivity contribution in [2.24, 2.45) is 5.92 Å². The van der Waals surface area contributed by atoms with Gasteiger partial charge in [-0.2, -0.15) is 0 Å². The van der Waals surface area contributed by atoms with Crippen LogP contribution in [0.25, 0.3) is 0 Å².